The second-order valence-corrected chi connectivity index (χ2v) is 6.47. The summed E-state index contributed by atoms with van der Waals surface area (Å²) in [5, 5.41) is 7.99. The van der Waals surface area contributed by atoms with E-state index in [0.717, 1.165) is 64.1 Å². The average Bonchev–Trinajstić information content (AvgIpc) is 3.02. The van der Waals surface area contributed by atoms with Gasteiger partial charge in [0.2, 0.25) is 5.91 Å². The number of aromatic nitrogens is 2. The maximum Gasteiger partial charge on any atom is 0.223 e. The van der Waals surface area contributed by atoms with Crippen LogP contribution in [0.5, 0.6) is 0 Å². The molecule has 2 aliphatic heterocycles. The molecular weight excluding hydrogens is 264 g/mol. The molecule has 0 radical (unpaired) electrons. The quantitative estimate of drug-likeness (QED) is 0.915. The van der Waals surface area contributed by atoms with Crippen molar-refractivity contribution in [3.8, 4) is 0 Å². The van der Waals surface area contributed by atoms with Crippen LogP contribution in [0, 0.1) is 5.41 Å². The highest BCUT2D eigenvalue weighted by Gasteiger charge is 2.43. The summed E-state index contributed by atoms with van der Waals surface area (Å²) in [4.78, 5) is 14.5. The van der Waals surface area contributed by atoms with Crippen LogP contribution in [0.1, 0.15) is 44.5 Å². The van der Waals surface area contributed by atoms with Crippen molar-refractivity contribution in [2.75, 3.05) is 19.6 Å². The first-order chi connectivity index (χ1) is 10.2. The van der Waals surface area contributed by atoms with E-state index in [9.17, 15) is 4.79 Å². The summed E-state index contributed by atoms with van der Waals surface area (Å²) in [6.07, 6.45) is 3.93. The molecule has 1 amide bonds. The monoisotopic (exact) mass is 290 g/mol. The van der Waals surface area contributed by atoms with Crippen molar-refractivity contribution < 1.29 is 4.79 Å². The zero-order valence-electron chi connectivity index (χ0n) is 13.2. The SMILES string of the molecule is CCc1cc(CN2CC3(CCNCC3)CC2=O)n(CC)n1. The van der Waals surface area contributed by atoms with Gasteiger partial charge in [-0.1, -0.05) is 6.92 Å². The molecule has 3 rings (SSSR count). The fraction of sp³-hybridized carbons (Fsp3) is 0.750. The van der Waals surface area contributed by atoms with Crippen molar-refractivity contribution in [1.82, 2.24) is 20.0 Å². The molecule has 116 valence electrons. The fourth-order valence-corrected chi connectivity index (χ4v) is 3.70. The minimum Gasteiger partial charge on any atom is -0.336 e. The number of hydrogen-bond donors (Lipinski definition) is 1. The number of piperidine rings is 1. The number of nitrogens with one attached hydrogen (secondary N) is 1. The van der Waals surface area contributed by atoms with Gasteiger partial charge in [-0.2, -0.15) is 5.10 Å². The first-order valence-electron chi connectivity index (χ1n) is 8.20. The number of amides is 1. The summed E-state index contributed by atoms with van der Waals surface area (Å²) in [7, 11) is 0. The first kappa shape index (κ1) is 14.6. The van der Waals surface area contributed by atoms with Crippen molar-refractivity contribution in [1.29, 1.82) is 0 Å². The molecule has 1 spiro atoms. The highest BCUT2D eigenvalue weighted by molar-refractivity contribution is 5.79. The minimum absolute atomic E-state index is 0.229. The lowest BCUT2D eigenvalue weighted by atomic mass is 9.78. The van der Waals surface area contributed by atoms with E-state index in [1.165, 1.54) is 5.69 Å². The molecule has 1 aromatic heterocycles. The van der Waals surface area contributed by atoms with E-state index in [0.29, 0.717) is 5.91 Å². The van der Waals surface area contributed by atoms with Gasteiger partial charge < -0.3 is 10.2 Å². The van der Waals surface area contributed by atoms with Gasteiger partial charge in [-0.05, 0) is 50.8 Å². The van der Waals surface area contributed by atoms with E-state index in [2.05, 4.69) is 30.3 Å². The van der Waals surface area contributed by atoms with Crippen LogP contribution in [0.25, 0.3) is 0 Å². The van der Waals surface area contributed by atoms with Gasteiger partial charge in [-0.25, -0.2) is 0 Å². The zero-order chi connectivity index (χ0) is 14.9. The number of hydrogen-bond acceptors (Lipinski definition) is 3. The third-order valence-electron chi connectivity index (χ3n) is 5.00. The Bertz CT molecular complexity index is 516. The van der Waals surface area contributed by atoms with Crippen LogP contribution < -0.4 is 5.32 Å². The zero-order valence-corrected chi connectivity index (χ0v) is 13.2. The van der Waals surface area contributed by atoms with Crippen molar-refractivity contribution in [3.05, 3.63) is 17.5 Å². The number of carbonyl (C=O) groups excluding carboxylic acids is 1. The van der Waals surface area contributed by atoms with Gasteiger partial charge in [0.1, 0.15) is 0 Å². The number of aryl methyl sites for hydroxylation is 2. The van der Waals surface area contributed by atoms with Crippen LogP contribution in [0.3, 0.4) is 0 Å². The third-order valence-corrected chi connectivity index (χ3v) is 5.00. The Hall–Kier alpha value is -1.36. The maximum absolute atomic E-state index is 12.4. The highest BCUT2D eigenvalue weighted by Crippen LogP contribution is 2.39. The Morgan fingerprint density at radius 2 is 2.10 bits per heavy atom. The molecule has 3 heterocycles. The van der Waals surface area contributed by atoms with Gasteiger partial charge in [0.25, 0.3) is 0 Å². The molecule has 0 unspecified atom stereocenters. The Morgan fingerprint density at radius 1 is 1.33 bits per heavy atom. The van der Waals surface area contributed by atoms with E-state index in [1.54, 1.807) is 0 Å². The molecule has 0 aromatic carbocycles. The summed E-state index contributed by atoms with van der Waals surface area (Å²) in [5.74, 6) is 0.318. The second kappa shape index (κ2) is 5.79. The maximum atomic E-state index is 12.4. The van der Waals surface area contributed by atoms with Crippen molar-refractivity contribution in [2.45, 2.75) is 52.6 Å². The van der Waals surface area contributed by atoms with Gasteiger partial charge in [-0.3, -0.25) is 9.48 Å². The Kier molecular flexibility index (Phi) is 4.02. The molecule has 0 bridgehead atoms. The third kappa shape index (κ3) is 2.84. The highest BCUT2D eigenvalue weighted by atomic mass is 16.2. The molecule has 2 saturated heterocycles. The minimum atomic E-state index is 0.229. The number of likely N-dealkylation sites (tertiary alicyclic amines) is 1. The molecule has 5 nitrogen and oxygen atoms in total. The van der Waals surface area contributed by atoms with Crippen molar-refractivity contribution >= 4 is 5.91 Å². The van der Waals surface area contributed by atoms with Crippen LogP contribution in [0.4, 0.5) is 0 Å². The molecule has 21 heavy (non-hydrogen) atoms. The van der Waals surface area contributed by atoms with Gasteiger partial charge in [-0.15, -0.1) is 0 Å². The molecule has 0 atom stereocenters. The Balaban J connectivity index is 1.73. The fourth-order valence-electron chi connectivity index (χ4n) is 3.70. The topological polar surface area (TPSA) is 50.2 Å². The molecular formula is C16H26N4O. The second-order valence-electron chi connectivity index (χ2n) is 6.47. The molecule has 2 aliphatic rings. The van der Waals surface area contributed by atoms with Crippen molar-refractivity contribution in [3.63, 3.8) is 0 Å². The number of rotatable bonds is 4. The predicted octanol–water partition coefficient (Wildman–Crippen LogP) is 1.57. The summed E-state index contributed by atoms with van der Waals surface area (Å²) < 4.78 is 2.04. The largest absolute Gasteiger partial charge is 0.336 e. The van der Waals surface area contributed by atoms with E-state index in [1.807, 2.05) is 9.58 Å². The van der Waals surface area contributed by atoms with Crippen LogP contribution in [-0.2, 0) is 24.3 Å². The smallest absolute Gasteiger partial charge is 0.223 e. The molecule has 5 heteroatoms. The van der Waals surface area contributed by atoms with Crippen LogP contribution in [0.15, 0.2) is 6.07 Å². The van der Waals surface area contributed by atoms with Crippen molar-refractivity contribution in [2.24, 2.45) is 5.41 Å². The lowest BCUT2D eigenvalue weighted by molar-refractivity contribution is -0.128. The summed E-state index contributed by atoms with van der Waals surface area (Å²) in [5.41, 5.74) is 2.52. The summed E-state index contributed by atoms with van der Waals surface area (Å²) in [6, 6.07) is 2.16. The Labute approximate surface area is 126 Å². The van der Waals surface area contributed by atoms with Crippen LogP contribution in [0.2, 0.25) is 0 Å². The molecule has 0 aliphatic carbocycles. The van der Waals surface area contributed by atoms with E-state index < -0.39 is 0 Å². The predicted molar refractivity (Wildman–Crippen MR) is 81.8 cm³/mol. The molecule has 1 N–H and O–H groups in total. The number of nitrogens with zero attached hydrogens (tertiary/aromatic N) is 3. The molecule has 1 aromatic rings. The van der Waals surface area contributed by atoms with E-state index in [4.69, 9.17) is 0 Å². The summed E-state index contributed by atoms with van der Waals surface area (Å²) >= 11 is 0. The van der Waals surface area contributed by atoms with E-state index in [-0.39, 0.29) is 5.41 Å². The lowest BCUT2D eigenvalue weighted by Gasteiger charge is -2.33. The van der Waals surface area contributed by atoms with Crippen LogP contribution in [-0.4, -0.2) is 40.2 Å². The lowest BCUT2D eigenvalue weighted by Crippen LogP contribution is -2.38. The van der Waals surface area contributed by atoms with Gasteiger partial charge in [0, 0.05) is 19.5 Å². The number of carbonyl (C=O) groups is 1. The molecule has 2 fully saturated rings. The van der Waals surface area contributed by atoms with Gasteiger partial charge in [0.15, 0.2) is 0 Å². The standard InChI is InChI=1S/C16H26N4O/c1-3-13-9-14(20(4-2)18-13)11-19-12-16(10-15(19)21)5-7-17-8-6-16/h9,17H,3-8,10-12H2,1-2H3. The van der Waals surface area contributed by atoms with Gasteiger partial charge in [0.05, 0.1) is 17.9 Å². The average molecular weight is 290 g/mol. The van der Waals surface area contributed by atoms with Gasteiger partial charge >= 0.3 is 0 Å². The first-order valence-corrected chi connectivity index (χ1v) is 8.20. The normalized spacial score (nSPS) is 21.4. The van der Waals surface area contributed by atoms with Crippen LogP contribution >= 0.6 is 0 Å². The summed E-state index contributed by atoms with van der Waals surface area (Å²) in [6.45, 7) is 8.83. The molecule has 0 saturated carbocycles. The Morgan fingerprint density at radius 3 is 2.76 bits per heavy atom. The van der Waals surface area contributed by atoms with E-state index >= 15 is 0 Å².